The van der Waals surface area contributed by atoms with Crippen LogP contribution in [0.4, 0.5) is 10.3 Å². The van der Waals surface area contributed by atoms with E-state index >= 15 is 0 Å². The predicted molar refractivity (Wildman–Crippen MR) is 141 cm³/mol. The summed E-state index contributed by atoms with van der Waals surface area (Å²) in [5.41, 5.74) is 3.30. The van der Waals surface area contributed by atoms with Gasteiger partial charge in [-0.25, -0.2) is 19.3 Å². The van der Waals surface area contributed by atoms with Crippen molar-refractivity contribution in [2.45, 2.75) is 44.7 Å². The fraction of sp³-hybridized carbons (Fsp3) is 0.414. The van der Waals surface area contributed by atoms with E-state index in [0.29, 0.717) is 12.0 Å². The van der Waals surface area contributed by atoms with Crippen LogP contribution in [-0.2, 0) is 13.0 Å². The van der Waals surface area contributed by atoms with Gasteiger partial charge in [0.25, 0.3) is 0 Å². The van der Waals surface area contributed by atoms with Crippen LogP contribution in [0, 0.1) is 11.7 Å². The Labute approximate surface area is 211 Å². The van der Waals surface area contributed by atoms with E-state index in [9.17, 15) is 4.39 Å². The molecule has 0 amide bonds. The second-order valence-corrected chi connectivity index (χ2v) is 10.2. The van der Waals surface area contributed by atoms with Crippen molar-refractivity contribution in [2.75, 3.05) is 31.1 Å². The third-order valence-electron chi connectivity index (χ3n) is 7.92. The van der Waals surface area contributed by atoms with Crippen molar-refractivity contribution < 1.29 is 4.39 Å². The molecule has 0 spiro atoms. The zero-order valence-corrected chi connectivity index (χ0v) is 20.6. The minimum atomic E-state index is -0.194. The predicted octanol–water partition coefficient (Wildman–Crippen LogP) is 4.94. The first kappa shape index (κ1) is 23.1. The fourth-order valence-corrected chi connectivity index (χ4v) is 5.90. The van der Waals surface area contributed by atoms with Crippen molar-refractivity contribution in [1.29, 1.82) is 0 Å². The molecule has 2 aliphatic rings. The van der Waals surface area contributed by atoms with Gasteiger partial charge in [0.2, 0.25) is 5.95 Å². The Bertz CT molecular complexity index is 1270. The zero-order valence-electron chi connectivity index (χ0n) is 20.6. The summed E-state index contributed by atoms with van der Waals surface area (Å²) in [5, 5.41) is 0. The Morgan fingerprint density at radius 2 is 1.53 bits per heavy atom. The van der Waals surface area contributed by atoms with Crippen molar-refractivity contribution in [3.05, 3.63) is 84.2 Å². The van der Waals surface area contributed by atoms with Gasteiger partial charge in [-0.1, -0.05) is 24.3 Å². The average molecular weight is 485 g/mol. The topological polar surface area (TPSA) is 50.1 Å². The van der Waals surface area contributed by atoms with Crippen LogP contribution in [0.2, 0.25) is 0 Å². The Morgan fingerprint density at radius 1 is 0.806 bits per heavy atom. The summed E-state index contributed by atoms with van der Waals surface area (Å²) < 4.78 is 15.8. The molecule has 4 aromatic rings. The van der Waals surface area contributed by atoms with Crippen molar-refractivity contribution >= 4 is 17.0 Å². The number of aromatic nitrogens is 4. The molecule has 0 unspecified atom stereocenters. The maximum atomic E-state index is 13.4. The summed E-state index contributed by atoms with van der Waals surface area (Å²) in [5.74, 6) is 2.46. The lowest BCUT2D eigenvalue weighted by Crippen LogP contribution is -2.48. The summed E-state index contributed by atoms with van der Waals surface area (Å²) in [4.78, 5) is 18.9. The Kier molecular flexibility index (Phi) is 6.64. The minimum Gasteiger partial charge on any atom is -0.341 e. The number of piperidine rings is 2. The summed E-state index contributed by atoms with van der Waals surface area (Å²) in [6, 6.07) is 17.7. The van der Waals surface area contributed by atoms with Gasteiger partial charge < -0.3 is 14.4 Å². The molecule has 2 saturated heterocycles. The number of para-hydroxylation sites is 2. The van der Waals surface area contributed by atoms with Gasteiger partial charge in [-0.3, -0.25) is 0 Å². The molecule has 0 saturated carbocycles. The average Bonchev–Trinajstić information content (AvgIpc) is 3.27. The van der Waals surface area contributed by atoms with Gasteiger partial charge in [0.15, 0.2) is 0 Å². The smallest absolute Gasteiger partial charge is 0.225 e. The highest BCUT2D eigenvalue weighted by Crippen LogP contribution is 2.28. The number of hydrogen-bond donors (Lipinski definition) is 0. The van der Waals surface area contributed by atoms with Gasteiger partial charge >= 0.3 is 0 Å². The van der Waals surface area contributed by atoms with Crippen LogP contribution in [0.25, 0.3) is 11.0 Å². The minimum absolute atomic E-state index is 0.194. The normalized spacial score (nSPS) is 18.2. The number of hydrogen-bond acceptors (Lipinski definition) is 5. The zero-order chi connectivity index (χ0) is 24.3. The molecule has 186 valence electrons. The number of halogens is 1. The maximum absolute atomic E-state index is 13.4. The first-order valence-corrected chi connectivity index (χ1v) is 13.2. The highest BCUT2D eigenvalue weighted by atomic mass is 19.1. The van der Waals surface area contributed by atoms with E-state index in [-0.39, 0.29) is 5.82 Å². The van der Waals surface area contributed by atoms with Gasteiger partial charge in [-0.15, -0.1) is 0 Å². The number of rotatable bonds is 6. The SMILES string of the molecule is Fc1ccc(Cn2c(CC3CCN(C4CCN(c5ncccn5)CC4)CC3)nc3ccccc32)cc1. The second-order valence-electron chi connectivity index (χ2n) is 10.2. The summed E-state index contributed by atoms with van der Waals surface area (Å²) in [6.07, 6.45) is 9.42. The van der Waals surface area contributed by atoms with Gasteiger partial charge in [0.05, 0.1) is 11.0 Å². The van der Waals surface area contributed by atoms with Crippen LogP contribution in [0.3, 0.4) is 0 Å². The van der Waals surface area contributed by atoms with E-state index in [2.05, 4.69) is 48.6 Å². The van der Waals surface area contributed by atoms with Crippen LogP contribution in [-0.4, -0.2) is 56.6 Å². The molecule has 0 radical (unpaired) electrons. The number of anilines is 1. The largest absolute Gasteiger partial charge is 0.341 e. The Morgan fingerprint density at radius 3 is 2.28 bits per heavy atom. The molecular formula is C29H33FN6. The van der Waals surface area contributed by atoms with E-state index in [1.165, 1.54) is 25.7 Å². The molecular weight excluding hydrogens is 451 g/mol. The standard InChI is InChI=1S/C29H33FN6/c30-24-8-6-23(7-9-24)21-36-27-5-2-1-4-26(27)33-28(36)20-22-10-16-34(17-11-22)25-12-18-35(19-13-25)29-31-14-3-15-32-29/h1-9,14-15,22,25H,10-13,16-21H2. The Balaban J connectivity index is 1.08. The van der Waals surface area contributed by atoms with Crippen molar-refractivity contribution in [3.63, 3.8) is 0 Å². The molecule has 6 nitrogen and oxygen atoms in total. The third-order valence-corrected chi connectivity index (χ3v) is 7.92. The number of benzene rings is 2. The van der Waals surface area contributed by atoms with Crippen molar-refractivity contribution in [3.8, 4) is 0 Å². The van der Waals surface area contributed by atoms with E-state index in [0.717, 1.165) is 67.5 Å². The van der Waals surface area contributed by atoms with Crippen molar-refractivity contribution in [2.24, 2.45) is 5.92 Å². The molecule has 0 bridgehead atoms. The summed E-state index contributed by atoms with van der Waals surface area (Å²) in [6.45, 7) is 5.10. The van der Waals surface area contributed by atoms with Crippen molar-refractivity contribution in [1.82, 2.24) is 24.4 Å². The maximum Gasteiger partial charge on any atom is 0.225 e. The molecule has 0 N–H and O–H groups in total. The molecule has 4 heterocycles. The first-order chi connectivity index (χ1) is 17.7. The van der Waals surface area contributed by atoms with E-state index in [4.69, 9.17) is 4.98 Å². The van der Waals surface area contributed by atoms with Crippen LogP contribution in [0.15, 0.2) is 67.0 Å². The van der Waals surface area contributed by atoms with Gasteiger partial charge in [0.1, 0.15) is 11.6 Å². The van der Waals surface area contributed by atoms with Gasteiger partial charge in [-0.05, 0) is 80.6 Å². The van der Waals surface area contributed by atoms with Crippen LogP contribution in [0.1, 0.15) is 37.1 Å². The molecule has 2 fully saturated rings. The van der Waals surface area contributed by atoms with Crippen LogP contribution >= 0.6 is 0 Å². The lowest BCUT2D eigenvalue weighted by atomic mass is 9.91. The molecule has 36 heavy (non-hydrogen) atoms. The quantitative estimate of drug-likeness (QED) is 0.388. The highest BCUT2D eigenvalue weighted by molar-refractivity contribution is 5.76. The van der Waals surface area contributed by atoms with Gasteiger partial charge in [0, 0.05) is 44.5 Å². The number of likely N-dealkylation sites (tertiary alicyclic amines) is 1. The van der Waals surface area contributed by atoms with E-state index in [1.54, 1.807) is 12.1 Å². The fourth-order valence-electron chi connectivity index (χ4n) is 5.90. The molecule has 2 aromatic carbocycles. The number of imidazole rings is 1. The lowest BCUT2D eigenvalue weighted by Gasteiger charge is -2.41. The monoisotopic (exact) mass is 484 g/mol. The number of fused-ring (bicyclic) bond motifs is 1. The Hall–Kier alpha value is -3.32. The summed E-state index contributed by atoms with van der Waals surface area (Å²) >= 11 is 0. The molecule has 0 aliphatic carbocycles. The number of nitrogens with zero attached hydrogens (tertiary/aromatic N) is 6. The lowest BCUT2D eigenvalue weighted by molar-refractivity contribution is 0.114. The molecule has 2 aromatic heterocycles. The van der Waals surface area contributed by atoms with E-state index < -0.39 is 0 Å². The molecule has 0 atom stereocenters. The third kappa shape index (κ3) is 4.98. The van der Waals surface area contributed by atoms with Crippen LogP contribution in [0.5, 0.6) is 0 Å². The van der Waals surface area contributed by atoms with Crippen LogP contribution < -0.4 is 4.90 Å². The highest BCUT2D eigenvalue weighted by Gasteiger charge is 2.29. The van der Waals surface area contributed by atoms with Gasteiger partial charge in [-0.2, -0.15) is 0 Å². The molecule has 7 heteroatoms. The first-order valence-electron chi connectivity index (χ1n) is 13.2. The molecule has 2 aliphatic heterocycles. The second kappa shape index (κ2) is 10.3. The van der Waals surface area contributed by atoms with E-state index in [1.807, 2.05) is 30.6 Å². The molecule has 6 rings (SSSR count). The summed E-state index contributed by atoms with van der Waals surface area (Å²) in [7, 11) is 0.